The van der Waals surface area contributed by atoms with E-state index in [2.05, 4.69) is 9.97 Å². The van der Waals surface area contributed by atoms with Crippen molar-refractivity contribution in [1.29, 1.82) is 0 Å². The maximum atomic E-state index is 11.8. The number of H-pyrrole nitrogens is 1. The highest BCUT2D eigenvalue weighted by atomic mass is 16.6. The maximum absolute atomic E-state index is 11.8. The van der Waals surface area contributed by atoms with Crippen LogP contribution < -0.4 is 9.47 Å². The van der Waals surface area contributed by atoms with Crippen molar-refractivity contribution in [2.75, 3.05) is 20.8 Å². The summed E-state index contributed by atoms with van der Waals surface area (Å²) in [6.45, 7) is 4.23. The van der Waals surface area contributed by atoms with Gasteiger partial charge in [-0.1, -0.05) is 12.1 Å². The summed E-state index contributed by atoms with van der Waals surface area (Å²) in [5.74, 6) is 1.85. The van der Waals surface area contributed by atoms with E-state index in [9.17, 15) is 4.79 Å². The average molecular weight is 398 g/mol. The van der Waals surface area contributed by atoms with Crippen LogP contribution >= 0.6 is 0 Å². The lowest BCUT2D eigenvalue weighted by molar-refractivity contribution is -0.153. The van der Waals surface area contributed by atoms with Gasteiger partial charge < -0.3 is 23.9 Å². The lowest BCUT2D eigenvalue weighted by Crippen LogP contribution is -2.28. The highest BCUT2D eigenvalue weighted by Gasteiger charge is 2.20. The number of aromatic amines is 1. The third-order valence-corrected chi connectivity index (χ3v) is 4.58. The van der Waals surface area contributed by atoms with E-state index >= 15 is 0 Å². The van der Waals surface area contributed by atoms with Crippen molar-refractivity contribution in [1.82, 2.24) is 9.97 Å². The minimum atomic E-state index is -0.608. The molecule has 0 aliphatic heterocycles. The molecule has 0 fully saturated rings. The van der Waals surface area contributed by atoms with Gasteiger partial charge in [0.05, 0.1) is 25.3 Å². The molecule has 0 spiro atoms. The molecule has 1 aromatic heterocycles. The normalized spacial score (nSPS) is 13.1. The zero-order chi connectivity index (χ0) is 20.8. The fourth-order valence-electron chi connectivity index (χ4n) is 3.05. The average Bonchev–Trinajstić information content (AvgIpc) is 3.17. The Morgan fingerprint density at radius 2 is 1.83 bits per heavy atom. The Morgan fingerprint density at radius 3 is 2.48 bits per heavy atom. The number of aromatic nitrogens is 2. The van der Waals surface area contributed by atoms with Crippen molar-refractivity contribution < 1.29 is 23.7 Å². The molecule has 0 saturated carbocycles. The minimum absolute atomic E-state index is 0.259. The molecule has 0 amide bonds. The Balaban J connectivity index is 1.66. The number of esters is 1. The molecule has 154 valence electrons. The fraction of sp³-hybridized carbons (Fsp3) is 0.364. The molecule has 3 rings (SSSR count). The van der Waals surface area contributed by atoms with E-state index in [-0.39, 0.29) is 12.1 Å². The third-order valence-electron chi connectivity index (χ3n) is 4.58. The summed E-state index contributed by atoms with van der Waals surface area (Å²) in [7, 11) is 3.00. The van der Waals surface area contributed by atoms with Gasteiger partial charge in [-0.05, 0) is 43.7 Å². The van der Waals surface area contributed by atoms with E-state index < -0.39 is 6.10 Å². The minimum Gasteiger partial charge on any atom is -0.497 e. The van der Waals surface area contributed by atoms with Gasteiger partial charge in [0.2, 0.25) is 0 Å². The van der Waals surface area contributed by atoms with E-state index in [4.69, 9.17) is 18.9 Å². The number of hydrogen-bond donors (Lipinski definition) is 1. The fourth-order valence-corrected chi connectivity index (χ4v) is 3.05. The molecule has 2 unspecified atom stereocenters. The van der Waals surface area contributed by atoms with Gasteiger partial charge in [-0.25, -0.2) is 9.78 Å². The monoisotopic (exact) mass is 398 g/mol. The van der Waals surface area contributed by atoms with Gasteiger partial charge in [0.25, 0.3) is 0 Å². The zero-order valence-electron chi connectivity index (χ0n) is 17.1. The van der Waals surface area contributed by atoms with Crippen LogP contribution in [0.4, 0.5) is 0 Å². The number of ether oxygens (including phenoxy) is 4. The number of nitrogens with one attached hydrogen (secondary N) is 1. The first-order valence-corrected chi connectivity index (χ1v) is 9.52. The first-order valence-electron chi connectivity index (χ1n) is 9.52. The Morgan fingerprint density at radius 1 is 1.10 bits per heavy atom. The lowest BCUT2D eigenvalue weighted by Gasteiger charge is -2.16. The SMILES string of the molecule is CCOC(Cc1ccc(OC(C)c2nc3ccc(OC)cc3[nH]2)cc1)C(=O)OC. The summed E-state index contributed by atoms with van der Waals surface area (Å²) in [5, 5.41) is 0. The van der Waals surface area contributed by atoms with E-state index in [1.807, 2.05) is 56.3 Å². The van der Waals surface area contributed by atoms with Crippen molar-refractivity contribution in [2.45, 2.75) is 32.5 Å². The van der Waals surface area contributed by atoms with Crippen molar-refractivity contribution in [3.05, 3.63) is 53.9 Å². The second-order valence-corrected chi connectivity index (χ2v) is 6.58. The topological polar surface area (TPSA) is 82.7 Å². The van der Waals surface area contributed by atoms with Crippen LogP contribution in [0.2, 0.25) is 0 Å². The van der Waals surface area contributed by atoms with Gasteiger partial charge in [-0.2, -0.15) is 0 Å². The van der Waals surface area contributed by atoms with Crippen LogP contribution in [0.5, 0.6) is 11.5 Å². The first-order chi connectivity index (χ1) is 14.0. The summed E-state index contributed by atoms with van der Waals surface area (Å²) < 4.78 is 21.5. The predicted octanol–water partition coefficient (Wildman–Crippen LogP) is 3.83. The number of carbonyl (C=O) groups excluding carboxylic acids is 1. The van der Waals surface area contributed by atoms with Gasteiger partial charge in [0.1, 0.15) is 17.3 Å². The second-order valence-electron chi connectivity index (χ2n) is 6.58. The van der Waals surface area contributed by atoms with Gasteiger partial charge >= 0.3 is 5.97 Å². The van der Waals surface area contributed by atoms with Crippen LogP contribution in [-0.2, 0) is 20.7 Å². The predicted molar refractivity (Wildman–Crippen MR) is 109 cm³/mol. The quantitative estimate of drug-likeness (QED) is 0.552. The molecule has 7 heteroatoms. The van der Waals surface area contributed by atoms with Crippen molar-refractivity contribution >= 4 is 17.0 Å². The van der Waals surface area contributed by atoms with Crippen LogP contribution in [0, 0.1) is 0 Å². The van der Waals surface area contributed by atoms with E-state index in [0.29, 0.717) is 18.8 Å². The van der Waals surface area contributed by atoms with Crippen LogP contribution in [0.1, 0.15) is 31.3 Å². The number of fused-ring (bicyclic) bond motifs is 1. The Hall–Kier alpha value is -3.06. The van der Waals surface area contributed by atoms with Gasteiger partial charge in [0, 0.05) is 19.1 Å². The molecule has 1 N–H and O–H groups in total. The highest BCUT2D eigenvalue weighted by Crippen LogP contribution is 2.25. The Bertz CT molecular complexity index is 951. The second kappa shape index (κ2) is 9.43. The lowest BCUT2D eigenvalue weighted by atomic mass is 10.1. The molecular weight excluding hydrogens is 372 g/mol. The van der Waals surface area contributed by atoms with E-state index in [1.165, 1.54) is 7.11 Å². The number of benzene rings is 2. The molecule has 2 aromatic carbocycles. The summed E-state index contributed by atoms with van der Waals surface area (Å²) in [5.41, 5.74) is 2.72. The highest BCUT2D eigenvalue weighted by molar-refractivity contribution is 5.77. The van der Waals surface area contributed by atoms with Crippen molar-refractivity contribution in [3.8, 4) is 11.5 Å². The number of hydrogen-bond acceptors (Lipinski definition) is 6. The third kappa shape index (κ3) is 5.06. The molecule has 3 aromatic rings. The number of nitrogens with zero attached hydrogens (tertiary/aromatic N) is 1. The van der Waals surface area contributed by atoms with Crippen LogP contribution in [0.3, 0.4) is 0 Å². The largest absolute Gasteiger partial charge is 0.497 e. The molecule has 0 radical (unpaired) electrons. The number of rotatable bonds is 9. The maximum Gasteiger partial charge on any atom is 0.335 e. The summed E-state index contributed by atoms with van der Waals surface area (Å²) in [6.07, 6.45) is -0.421. The van der Waals surface area contributed by atoms with E-state index in [1.54, 1.807) is 7.11 Å². The number of imidazole rings is 1. The van der Waals surface area contributed by atoms with E-state index in [0.717, 1.165) is 28.2 Å². The molecule has 0 aliphatic rings. The Labute approximate surface area is 169 Å². The molecule has 7 nitrogen and oxygen atoms in total. The smallest absolute Gasteiger partial charge is 0.335 e. The Kier molecular flexibility index (Phi) is 6.72. The summed E-state index contributed by atoms with van der Waals surface area (Å²) in [6, 6.07) is 13.3. The number of carbonyl (C=O) groups is 1. The summed E-state index contributed by atoms with van der Waals surface area (Å²) >= 11 is 0. The molecule has 0 bridgehead atoms. The van der Waals surface area contributed by atoms with Gasteiger partial charge in [-0.15, -0.1) is 0 Å². The molecule has 0 saturated heterocycles. The van der Waals surface area contributed by atoms with Crippen LogP contribution in [-0.4, -0.2) is 42.9 Å². The standard InChI is InChI=1S/C22H26N2O5/c1-5-28-20(22(25)27-4)12-15-6-8-16(9-7-15)29-14(2)21-23-18-11-10-17(26-3)13-19(18)24-21/h6-11,13-14,20H,5,12H2,1-4H3,(H,23,24). The molecule has 29 heavy (non-hydrogen) atoms. The van der Waals surface area contributed by atoms with Crippen molar-refractivity contribution in [2.24, 2.45) is 0 Å². The van der Waals surface area contributed by atoms with Crippen LogP contribution in [0.25, 0.3) is 11.0 Å². The first kappa shape index (κ1) is 20.7. The van der Waals surface area contributed by atoms with Gasteiger partial charge in [-0.3, -0.25) is 0 Å². The molecular formula is C22H26N2O5. The molecule has 1 heterocycles. The number of methoxy groups -OCH3 is 2. The zero-order valence-corrected chi connectivity index (χ0v) is 17.1. The summed E-state index contributed by atoms with van der Waals surface area (Å²) in [4.78, 5) is 19.7. The van der Waals surface area contributed by atoms with Crippen LogP contribution in [0.15, 0.2) is 42.5 Å². The van der Waals surface area contributed by atoms with Crippen molar-refractivity contribution in [3.63, 3.8) is 0 Å². The van der Waals surface area contributed by atoms with Gasteiger partial charge in [0.15, 0.2) is 12.2 Å². The molecule has 2 atom stereocenters. The molecule has 0 aliphatic carbocycles.